The van der Waals surface area contributed by atoms with Crippen LogP contribution in [0.25, 0.3) is 5.69 Å². The molecule has 3 rings (SSSR count). The van der Waals surface area contributed by atoms with Crippen LogP contribution in [-0.2, 0) is 16.2 Å². The van der Waals surface area contributed by atoms with Gasteiger partial charge in [0.25, 0.3) is 15.9 Å². The Morgan fingerprint density at radius 2 is 1.59 bits per heavy atom. The third kappa shape index (κ3) is 4.79. The summed E-state index contributed by atoms with van der Waals surface area (Å²) in [5.41, 5.74) is -3.64. The summed E-state index contributed by atoms with van der Waals surface area (Å²) in [4.78, 5) is 11.7. The SMILES string of the molecule is O=C(NS(=O)(=O)c1ccc(F)c(Cl)c1)c1nnn(-c2c(Cl)cc(Cl)cc2Cl)c1C(F)(F)F. The van der Waals surface area contributed by atoms with E-state index < -0.39 is 54.9 Å². The Morgan fingerprint density at radius 3 is 2.12 bits per heavy atom. The van der Waals surface area contributed by atoms with Crippen molar-refractivity contribution in [2.24, 2.45) is 0 Å². The van der Waals surface area contributed by atoms with Gasteiger partial charge >= 0.3 is 6.18 Å². The zero-order chi connectivity index (χ0) is 24.0. The lowest BCUT2D eigenvalue weighted by molar-refractivity contribution is -0.143. The molecule has 1 amide bonds. The van der Waals surface area contributed by atoms with Gasteiger partial charge in [-0.05, 0) is 30.3 Å². The fourth-order valence-electron chi connectivity index (χ4n) is 2.46. The molecule has 0 aliphatic heterocycles. The van der Waals surface area contributed by atoms with Crippen LogP contribution in [0.5, 0.6) is 0 Å². The Hall–Kier alpha value is -2.12. The molecule has 1 N–H and O–H groups in total. The van der Waals surface area contributed by atoms with Gasteiger partial charge in [-0.3, -0.25) is 4.79 Å². The summed E-state index contributed by atoms with van der Waals surface area (Å²) >= 11 is 23.1. The van der Waals surface area contributed by atoms with Gasteiger partial charge in [-0.2, -0.15) is 13.2 Å². The Morgan fingerprint density at radius 1 is 1.00 bits per heavy atom. The number of nitrogens with one attached hydrogen (secondary N) is 1. The van der Waals surface area contributed by atoms with Gasteiger partial charge in [-0.25, -0.2) is 22.2 Å². The standard InChI is InChI=1S/C16H6Cl4F4N4O3S/c17-6-3-9(19)13(10(20)4-6)28-14(16(22,23)24)12(25-27-28)15(29)26-32(30,31)7-1-2-11(21)8(18)5-7/h1-5H,(H,26,29). The molecule has 7 nitrogen and oxygen atoms in total. The molecule has 32 heavy (non-hydrogen) atoms. The van der Waals surface area contributed by atoms with E-state index in [-0.39, 0.29) is 19.7 Å². The minimum Gasteiger partial charge on any atom is -0.266 e. The first-order chi connectivity index (χ1) is 14.7. The lowest BCUT2D eigenvalue weighted by Gasteiger charge is -2.14. The normalized spacial score (nSPS) is 12.1. The number of carbonyl (C=O) groups is 1. The zero-order valence-electron chi connectivity index (χ0n) is 14.9. The summed E-state index contributed by atoms with van der Waals surface area (Å²) in [7, 11) is -4.75. The van der Waals surface area contributed by atoms with Crippen molar-refractivity contribution < 1.29 is 30.8 Å². The molecule has 1 heterocycles. The first kappa shape index (κ1) is 24.5. The van der Waals surface area contributed by atoms with Crippen LogP contribution in [0, 0.1) is 5.82 Å². The number of amides is 1. The third-order valence-corrected chi connectivity index (χ3v) is 6.19. The molecule has 0 bridgehead atoms. The predicted octanol–water partition coefficient (Wildman–Crippen LogP) is 5.16. The van der Waals surface area contributed by atoms with Crippen molar-refractivity contribution in [2.45, 2.75) is 11.1 Å². The van der Waals surface area contributed by atoms with E-state index in [2.05, 4.69) is 10.3 Å². The molecule has 0 radical (unpaired) electrons. The maximum Gasteiger partial charge on any atom is 0.435 e. The Kier molecular flexibility index (Phi) is 6.64. The van der Waals surface area contributed by atoms with Gasteiger partial charge in [-0.15, -0.1) is 5.10 Å². The molecule has 2 aromatic carbocycles. The highest BCUT2D eigenvalue weighted by Crippen LogP contribution is 2.38. The summed E-state index contributed by atoms with van der Waals surface area (Å²) in [6.07, 6.45) is -5.24. The van der Waals surface area contributed by atoms with Crippen molar-refractivity contribution in [3.63, 3.8) is 0 Å². The molecular weight excluding hydrogens is 546 g/mol. The van der Waals surface area contributed by atoms with E-state index in [0.717, 1.165) is 18.2 Å². The van der Waals surface area contributed by atoms with E-state index in [1.165, 1.54) is 4.72 Å². The summed E-state index contributed by atoms with van der Waals surface area (Å²) < 4.78 is 80.9. The maximum absolute atomic E-state index is 13.8. The zero-order valence-corrected chi connectivity index (χ0v) is 18.7. The van der Waals surface area contributed by atoms with E-state index >= 15 is 0 Å². The second kappa shape index (κ2) is 8.67. The van der Waals surface area contributed by atoms with Crippen LogP contribution in [-0.4, -0.2) is 29.3 Å². The van der Waals surface area contributed by atoms with E-state index in [4.69, 9.17) is 46.4 Å². The highest BCUT2D eigenvalue weighted by atomic mass is 35.5. The van der Waals surface area contributed by atoms with E-state index in [0.29, 0.717) is 12.1 Å². The molecule has 0 fully saturated rings. The number of nitrogens with zero attached hydrogens (tertiary/aromatic N) is 3. The van der Waals surface area contributed by atoms with Crippen LogP contribution >= 0.6 is 46.4 Å². The summed E-state index contributed by atoms with van der Waals surface area (Å²) in [6, 6.07) is 4.28. The quantitative estimate of drug-likeness (QED) is 0.452. The number of benzene rings is 2. The first-order valence-electron chi connectivity index (χ1n) is 7.92. The maximum atomic E-state index is 13.8. The van der Waals surface area contributed by atoms with E-state index in [9.17, 15) is 30.8 Å². The minimum absolute atomic E-state index is 0.0134. The van der Waals surface area contributed by atoms with Crippen LogP contribution in [0.3, 0.4) is 0 Å². The Bertz CT molecular complexity index is 1320. The van der Waals surface area contributed by atoms with Crippen molar-refractivity contribution in [3.05, 3.63) is 67.6 Å². The molecule has 0 saturated carbocycles. The monoisotopic (exact) mass is 550 g/mol. The molecule has 0 atom stereocenters. The van der Waals surface area contributed by atoms with Crippen LogP contribution in [0.4, 0.5) is 17.6 Å². The predicted molar refractivity (Wildman–Crippen MR) is 107 cm³/mol. The van der Waals surface area contributed by atoms with Crippen molar-refractivity contribution in [1.29, 1.82) is 0 Å². The van der Waals surface area contributed by atoms with Gasteiger partial charge in [0.2, 0.25) is 0 Å². The summed E-state index contributed by atoms with van der Waals surface area (Å²) in [6.45, 7) is 0. The van der Waals surface area contributed by atoms with E-state index in [1.54, 1.807) is 0 Å². The van der Waals surface area contributed by atoms with Crippen LogP contribution in [0.15, 0.2) is 35.2 Å². The molecule has 16 heteroatoms. The van der Waals surface area contributed by atoms with Crippen molar-refractivity contribution in [3.8, 4) is 5.69 Å². The largest absolute Gasteiger partial charge is 0.435 e. The average molecular weight is 552 g/mol. The number of alkyl halides is 3. The lowest BCUT2D eigenvalue weighted by Crippen LogP contribution is -2.32. The van der Waals surface area contributed by atoms with Crippen molar-refractivity contribution in [1.82, 2.24) is 19.7 Å². The molecule has 1 aromatic heterocycles. The fraction of sp³-hybridized carbons (Fsp3) is 0.0625. The van der Waals surface area contributed by atoms with Gasteiger partial charge in [-0.1, -0.05) is 51.6 Å². The number of carbonyl (C=O) groups excluding carboxylic acids is 1. The number of rotatable bonds is 4. The van der Waals surface area contributed by atoms with Crippen molar-refractivity contribution >= 4 is 62.3 Å². The highest BCUT2D eigenvalue weighted by molar-refractivity contribution is 7.90. The molecule has 0 spiro atoms. The lowest BCUT2D eigenvalue weighted by atomic mass is 10.2. The molecule has 0 unspecified atom stereocenters. The van der Waals surface area contributed by atoms with Crippen LogP contribution in [0.1, 0.15) is 16.2 Å². The average Bonchev–Trinajstić information content (AvgIpc) is 3.08. The number of halogens is 8. The molecule has 170 valence electrons. The number of hydrogen-bond acceptors (Lipinski definition) is 5. The highest BCUT2D eigenvalue weighted by Gasteiger charge is 2.43. The third-order valence-electron chi connectivity index (χ3n) is 3.78. The first-order valence-corrected chi connectivity index (χ1v) is 10.9. The smallest absolute Gasteiger partial charge is 0.266 e. The van der Waals surface area contributed by atoms with Gasteiger partial charge in [0.05, 0.1) is 20.0 Å². The van der Waals surface area contributed by atoms with Crippen LogP contribution in [0.2, 0.25) is 20.1 Å². The van der Waals surface area contributed by atoms with E-state index in [1.807, 2.05) is 0 Å². The number of sulfonamides is 1. The Labute approximate surface area is 196 Å². The molecular formula is C16H6Cl4F4N4O3S. The van der Waals surface area contributed by atoms with Gasteiger partial charge in [0, 0.05) is 5.02 Å². The van der Waals surface area contributed by atoms with Crippen LogP contribution < -0.4 is 4.72 Å². The number of aromatic nitrogens is 3. The van der Waals surface area contributed by atoms with Gasteiger partial charge in [0.15, 0.2) is 11.4 Å². The molecule has 0 aliphatic rings. The minimum atomic E-state index is -5.24. The Balaban J connectivity index is 2.09. The molecule has 0 aliphatic carbocycles. The van der Waals surface area contributed by atoms with Gasteiger partial charge in [0.1, 0.15) is 11.5 Å². The van der Waals surface area contributed by atoms with Gasteiger partial charge < -0.3 is 0 Å². The topological polar surface area (TPSA) is 93.9 Å². The second-order valence-corrected chi connectivity index (χ2v) is 9.27. The molecule has 0 saturated heterocycles. The fourth-order valence-corrected chi connectivity index (χ4v) is 4.66. The number of hydrogen-bond donors (Lipinski definition) is 1. The van der Waals surface area contributed by atoms with Crippen molar-refractivity contribution in [2.75, 3.05) is 0 Å². The second-order valence-electron chi connectivity index (χ2n) is 5.92. The molecule has 3 aromatic rings. The summed E-state index contributed by atoms with van der Waals surface area (Å²) in [5.74, 6) is -2.72. The summed E-state index contributed by atoms with van der Waals surface area (Å²) in [5, 5.41) is 5.14.